The van der Waals surface area contributed by atoms with Crippen LogP contribution in [-0.4, -0.2) is 7.05 Å². The van der Waals surface area contributed by atoms with Crippen LogP contribution in [0.2, 0.25) is 0 Å². The highest BCUT2D eigenvalue weighted by Crippen LogP contribution is 2.42. The van der Waals surface area contributed by atoms with Crippen molar-refractivity contribution in [1.82, 2.24) is 0 Å². The summed E-state index contributed by atoms with van der Waals surface area (Å²) in [5, 5.41) is 0. The van der Waals surface area contributed by atoms with Crippen molar-refractivity contribution in [2.45, 2.75) is 12.3 Å². The number of nitrogens with zero attached hydrogens (tertiary/aromatic N) is 1. The Morgan fingerprint density at radius 3 is 2.18 bits per heavy atom. The molecule has 1 atom stereocenters. The van der Waals surface area contributed by atoms with Gasteiger partial charge in [-0.3, -0.25) is 0 Å². The van der Waals surface area contributed by atoms with E-state index in [4.69, 9.17) is 0 Å². The SMILES string of the molecule is CN1c2ccccc2CC(c2ccccc2)c2ccccc21. The van der Waals surface area contributed by atoms with Crippen LogP contribution in [0.3, 0.4) is 0 Å². The van der Waals surface area contributed by atoms with Crippen LogP contribution in [0.4, 0.5) is 11.4 Å². The summed E-state index contributed by atoms with van der Waals surface area (Å²) in [4.78, 5) is 2.33. The van der Waals surface area contributed by atoms with Gasteiger partial charge in [-0.1, -0.05) is 66.7 Å². The number of fused-ring (bicyclic) bond motifs is 2. The molecule has 1 unspecified atom stereocenters. The average molecular weight is 285 g/mol. The normalized spacial score (nSPS) is 16.6. The summed E-state index contributed by atoms with van der Waals surface area (Å²) < 4.78 is 0. The van der Waals surface area contributed by atoms with Crippen LogP contribution < -0.4 is 4.90 Å². The van der Waals surface area contributed by atoms with Gasteiger partial charge in [0.25, 0.3) is 0 Å². The van der Waals surface area contributed by atoms with E-state index in [2.05, 4.69) is 90.8 Å². The molecule has 0 saturated carbocycles. The molecular weight excluding hydrogens is 266 g/mol. The van der Waals surface area contributed by atoms with Gasteiger partial charge >= 0.3 is 0 Å². The van der Waals surface area contributed by atoms with Crippen LogP contribution >= 0.6 is 0 Å². The molecular formula is C21H19N. The van der Waals surface area contributed by atoms with Gasteiger partial charge in [0.05, 0.1) is 0 Å². The van der Waals surface area contributed by atoms with Crippen molar-refractivity contribution >= 4 is 11.4 Å². The Bertz CT molecular complexity index is 792. The summed E-state index contributed by atoms with van der Waals surface area (Å²) >= 11 is 0. The standard InChI is InChI=1S/C21H19N/c1-22-20-13-7-5-11-17(20)15-19(16-9-3-2-4-10-16)18-12-6-8-14-21(18)22/h2-14,19H,15H2,1H3. The maximum atomic E-state index is 2.33. The number of hydrogen-bond donors (Lipinski definition) is 0. The smallest absolute Gasteiger partial charge is 0.0447 e. The molecule has 0 bridgehead atoms. The van der Waals surface area contributed by atoms with Crippen molar-refractivity contribution in [1.29, 1.82) is 0 Å². The monoisotopic (exact) mass is 285 g/mol. The highest BCUT2D eigenvalue weighted by molar-refractivity contribution is 5.72. The lowest BCUT2D eigenvalue weighted by Gasteiger charge is -2.22. The lowest BCUT2D eigenvalue weighted by molar-refractivity contribution is 0.816. The first-order valence-electron chi connectivity index (χ1n) is 7.80. The molecule has 3 aromatic rings. The fourth-order valence-electron chi connectivity index (χ4n) is 3.54. The molecule has 22 heavy (non-hydrogen) atoms. The molecule has 0 spiro atoms. The van der Waals surface area contributed by atoms with E-state index in [1.807, 2.05) is 0 Å². The molecule has 0 aliphatic carbocycles. The topological polar surface area (TPSA) is 3.24 Å². The number of hydrogen-bond acceptors (Lipinski definition) is 1. The van der Waals surface area contributed by atoms with Gasteiger partial charge in [0.1, 0.15) is 0 Å². The van der Waals surface area contributed by atoms with Crippen LogP contribution in [-0.2, 0) is 6.42 Å². The molecule has 0 N–H and O–H groups in total. The molecule has 1 heterocycles. The maximum Gasteiger partial charge on any atom is 0.0447 e. The lowest BCUT2D eigenvalue weighted by Crippen LogP contribution is -2.11. The third-order valence-electron chi connectivity index (χ3n) is 4.65. The fraction of sp³-hybridized carbons (Fsp3) is 0.143. The first kappa shape index (κ1) is 13.1. The third-order valence-corrected chi connectivity index (χ3v) is 4.65. The molecule has 1 heteroatoms. The molecule has 4 rings (SSSR count). The molecule has 1 aliphatic rings. The van der Waals surface area contributed by atoms with Crippen LogP contribution in [0.1, 0.15) is 22.6 Å². The highest BCUT2D eigenvalue weighted by atomic mass is 15.1. The second kappa shape index (κ2) is 5.34. The van der Waals surface area contributed by atoms with Crippen molar-refractivity contribution < 1.29 is 0 Å². The van der Waals surface area contributed by atoms with Gasteiger partial charge in [-0.15, -0.1) is 0 Å². The van der Waals surface area contributed by atoms with E-state index >= 15 is 0 Å². The molecule has 0 radical (unpaired) electrons. The number of para-hydroxylation sites is 2. The van der Waals surface area contributed by atoms with E-state index in [0.29, 0.717) is 5.92 Å². The molecule has 0 aromatic heterocycles. The summed E-state index contributed by atoms with van der Waals surface area (Å²) in [5.74, 6) is 0.406. The Labute approximate surface area is 131 Å². The summed E-state index contributed by atoms with van der Waals surface area (Å²) in [6, 6.07) is 28.4. The zero-order chi connectivity index (χ0) is 14.9. The Hall–Kier alpha value is -2.54. The first-order valence-corrected chi connectivity index (χ1v) is 7.80. The van der Waals surface area contributed by atoms with Crippen molar-refractivity contribution in [2.24, 2.45) is 0 Å². The van der Waals surface area contributed by atoms with Crippen molar-refractivity contribution in [3.8, 4) is 0 Å². The van der Waals surface area contributed by atoms with E-state index in [9.17, 15) is 0 Å². The first-order chi connectivity index (χ1) is 10.8. The molecule has 1 aliphatic heterocycles. The average Bonchev–Trinajstić information content (AvgIpc) is 2.72. The minimum atomic E-state index is 0.406. The zero-order valence-corrected chi connectivity index (χ0v) is 12.7. The molecule has 1 nitrogen and oxygen atoms in total. The minimum absolute atomic E-state index is 0.406. The van der Waals surface area contributed by atoms with Gasteiger partial charge < -0.3 is 4.90 Å². The van der Waals surface area contributed by atoms with Gasteiger partial charge in [0.2, 0.25) is 0 Å². The lowest BCUT2D eigenvalue weighted by atomic mass is 9.86. The van der Waals surface area contributed by atoms with Crippen LogP contribution in [0, 0.1) is 0 Å². The number of anilines is 2. The molecule has 0 saturated heterocycles. The molecule has 0 fully saturated rings. The van der Waals surface area contributed by atoms with Crippen molar-refractivity contribution in [3.05, 3.63) is 95.6 Å². The van der Waals surface area contributed by atoms with Crippen LogP contribution in [0.25, 0.3) is 0 Å². The second-order valence-electron chi connectivity index (χ2n) is 5.91. The fourth-order valence-corrected chi connectivity index (χ4v) is 3.54. The van der Waals surface area contributed by atoms with E-state index in [0.717, 1.165) is 6.42 Å². The van der Waals surface area contributed by atoms with Crippen molar-refractivity contribution in [2.75, 3.05) is 11.9 Å². The Kier molecular flexibility index (Phi) is 3.19. The Balaban J connectivity index is 1.95. The van der Waals surface area contributed by atoms with Crippen LogP contribution in [0.5, 0.6) is 0 Å². The maximum absolute atomic E-state index is 2.33. The highest BCUT2D eigenvalue weighted by Gasteiger charge is 2.25. The predicted molar refractivity (Wildman–Crippen MR) is 92.9 cm³/mol. The van der Waals surface area contributed by atoms with E-state index in [1.165, 1.54) is 28.1 Å². The Morgan fingerprint density at radius 1 is 0.727 bits per heavy atom. The third kappa shape index (κ3) is 2.10. The molecule has 0 amide bonds. The molecule has 3 aromatic carbocycles. The zero-order valence-electron chi connectivity index (χ0n) is 12.7. The minimum Gasteiger partial charge on any atom is -0.344 e. The predicted octanol–water partition coefficient (Wildman–Crippen LogP) is 5.14. The van der Waals surface area contributed by atoms with E-state index in [1.54, 1.807) is 0 Å². The molecule has 108 valence electrons. The van der Waals surface area contributed by atoms with E-state index < -0.39 is 0 Å². The summed E-state index contributed by atoms with van der Waals surface area (Å²) in [7, 11) is 2.17. The summed E-state index contributed by atoms with van der Waals surface area (Å²) in [6.45, 7) is 0. The number of rotatable bonds is 1. The van der Waals surface area contributed by atoms with Gasteiger partial charge in [0.15, 0.2) is 0 Å². The van der Waals surface area contributed by atoms with Crippen molar-refractivity contribution in [3.63, 3.8) is 0 Å². The number of benzene rings is 3. The van der Waals surface area contributed by atoms with E-state index in [-0.39, 0.29) is 0 Å². The largest absolute Gasteiger partial charge is 0.344 e. The van der Waals surface area contributed by atoms with Gasteiger partial charge in [0, 0.05) is 24.3 Å². The van der Waals surface area contributed by atoms with Crippen LogP contribution in [0.15, 0.2) is 78.9 Å². The Morgan fingerprint density at radius 2 is 1.36 bits per heavy atom. The second-order valence-corrected chi connectivity index (χ2v) is 5.91. The van der Waals surface area contributed by atoms with Gasteiger partial charge in [-0.05, 0) is 35.2 Å². The summed E-state index contributed by atoms with van der Waals surface area (Å²) in [5.41, 5.74) is 6.83. The van der Waals surface area contributed by atoms with Gasteiger partial charge in [-0.2, -0.15) is 0 Å². The quantitative estimate of drug-likeness (QED) is 0.598. The van der Waals surface area contributed by atoms with Gasteiger partial charge in [-0.25, -0.2) is 0 Å². The summed E-state index contributed by atoms with van der Waals surface area (Å²) in [6.07, 6.45) is 1.04.